The smallest absolute Gasteiger partial charge is 0.236 e. The van der Waals surface area contributed by atoms with Gasteiger partial charge in [-0.15, -0.1) is 0 Å². The third kappa shape index (κ3) is 3.97. The van der Waals surface area contributed by atoms with Crippen molar-refractivity contribution in [2.24, 2.45) is 0 Å². The molecule has 1 saturated heterocycles. The zero-order chi connectivity index (χ0) is 14.4. The highest BCUT2D eigenvalue weighted by atomic mass is 16.2. The Morgan fingerprint density at radius 2 is 2.00 bits per heavy atom. The van der Waals surface area contributed by atoms with E-state index in [0.717, 1.165) is 39.1 Å². The number of piperazine rings is 1. The average Bonchev–Trinajstić information content (AvgIpc) is 2.47. The number of carbonyl (C=O) groups is 1. The zero-order valence-corrected chi connectivity index (χ0v) is 12.6. The van der Waals surface area contributed by atoms with E-state index in [2.05, 4.69) is 48.3 Å². The monoisotopic (exact) mass is 275 g/mol. The number of aryl methyl sites for hydroxylation is 1. The molecule has 0 saturated carbocycles. The minimum atomic E-state index is 0.224. The van der Waals surface area contributed by atoms with Gasteiger partial charge >= 0.3 is 0 Å². The SMILES string of the molecule is CCCNCC(=O)N1CCN(c2cccc(C)c2)CC1. The molecule has 1 amide bonds. The van der Waals surface area contributed by atoms with Gasteiger partial charge in [-0.1, -0.05) is 19.1 Å². The molecule has 0 radical (unpaired) electrons. The second-order valence-electron chi connectivity index (χ2n) is 5.38. The second-order valence-corrected chi connectivity index (χ2v) is 5.38. The molecule has 1 N–H and O–H groups in total. The van der Waals surface area contributed by atoms with Gasteiger partial charge in [0.05, 0.1) is 6.54 Å². The second kappa shape index (κ2) is 7.29. The number of benzene rings is 1. The Morgan fingerprint density at radius 3 is 2.65 bits per heavy atom. The molecule has 4 heteroatoms. The van der Waals surface area contributed by atoms with Crippen LogP contribution in [0.3, 0.4) is 0 Å². The Balaban J connectivity index is 1.81. The van der Waals surface area contributed by atoms with Crippen LogP contribution in [0, 0.1) is 6.92 Å². The van der Waals surface area contributed by atoms with Crippen LogP contribution in [-0.4, -0.2) is 50.1 Å². The summed E-state index contributed by atoms with van der Waals surface area (Å²) in [6.07, 6.45) is 1.06. The molecule has 1 fully saturated rings. The largest absolute Gasteiger partial charge is 0.368 e. The van der Waals surface area contributed by atoms with Crippen molar-refractivity contribution in [2.45, 2.75) is 20.3 Å². The molecular weight excluding hydrogens is 250 g/mol. The van der Waals surface area contributed by atoms with Crippen LogP contribution in [0.15, 0.2) is 24.3 Å². The normalized spacial score (nSPS) is 15.5. The highest BCUT2D eigenvalue weighted by Crippen LogP contribution is 2.17. The van der Waals surface area contributed by atoms with E-state index in [4.69, 9.17) is 0 Å². The number of amides is 1. The van der Waals surface area contributed by atoms with E-state index in [1.165, 1.54) is 11.3 Å². The van der Waals surface area contributed by atoms with Crippen LogP contribution in [0.25, 0.3) is 0 Å². The predicted octanol–water partition coefficient (Wildman–Crippen LogP) is 1.64. The van der Waals surface area contributed by atoms with Crippen molar-refractivity contribution in [3.63, 3.8) is 0 Å². The van der Waals surface area contributed by atoms with Gasteiger partial charge in [-0.2, -0.15) is 0 Å². The molecule has 1 heterocycles. The summed E-state index contributed by atoms with van der Waals surface area (Å²) in [6, 6.07) is 8.56. The van der Waals surface area contributed by atoms with Crippen LogP contribution in [0.2, 0.25) is 0 Å². The number of nitrogens with zero attached hydrogens (tertiary/aromatic N) is 2. The molecule has 110 valence electrons. The summed E-state index contributed by atoms with van der Waals surface area (Å²) in [7, 11) is 0. The summed E-state index contributed by atoms with van der Waals surface area (Å²) in [4.78, 5) is 16.3. The van der Waals surface area contributed by atoms with Crippen molar-refractivity contribution in [2.75, 3.05) is 44.2 Å². The van der Waals surface area contributed by atoms with E-state index in [9.17, 15) is 4.79 Å². The third-order valence-corrected chi connectivity index (χ3v) is 3.70. The van der Waals surface area contributed by atoms with Crippen molar-refractivity contribution in [1.82, 2.24) is 10.2 Å². The summed E-state index contributed by atoms with van der Waals surface area (Å²) in [5, 5.41) is 3.18. The fourth-order valence-electron chi connectivity index (χ4n) is 2.52. The molecule has 0 spiro atoms. The topological polar surface area (TPSA) is 35.6 Å². The van der Waals surface area contributed by atoms with Crippen LogP contribution in [0.5, 0.6) is 0 Å². The van der Waals surface area contributed by atoms with Gasteiger partial charge in [-0.05, 0) is 37.6 Å². The van der Waals surface area contributed by atoms with Gasteiger partial charge in [-0.25, -0.2) is 0 Å². The highest BCUT2D eigenvalue weighted by Gasteiger charge is 2.20. The summed E-state index contributed by atoms with van der Waals surface area (Å²) >= 11 is 0. The molecule has 1 aliphatic rings. The average molecular weight is 275 g/mol. The molecule has 0 atom stereocenters. The third-order valence-electron chi connectivity index (χ3n) is 3.70. The molecule has 0 aromatic heterocycles. The number of carbonyl (C=O) groups excluding carboxylic acids is 1. The molecule has 1 aromatic rings. The molecule has 1 aliphatic heterocycles. The maximum atomic E-state index is 12.0. The Hall–Kier alpha value is -1.55. The maximum Gasteiger partial charge on any atom is 0.236 e. The number of nitrogens with one attached hydrogen (secondary N) is 1. The van der Waals surface area contributed by atoms with Gasteiger partial charge in [0.2, 0.25) is 5.91 Å². The quantitative estimate of drug-likeness (QED) is 0.830. The zero-order valence-electron chi connectivity index (χ0n) is 12.6. The maximum absolute atomic E-state index is 12.0. The van der Waals surface area contributed by atoms with Gasteiger partial charge in [0.15, 0.2) is 0 Å². The lowest BCUT2D eigenvalue weighted by atomic mass is 10.2. The van der Waals surface area contributed by atoms with Gasteiger partial charge < -0.3 is 15.1 Å². The van der Waals surface area contributed by atoms with Gasteiger partial charge in [-0.3, -0.25) is 4.79 Å². The molecule has 0 aliphatic carbocycles. The fourth-order valence-corrected chi connectivity index (χ4v) is 2.52. The summed E-state index contributed by atoms with van der Waals surface area (Å²) in [6.45, 7) is 9.08. The first-order valence-electron chi connectivity index (χ1n) is 7.51. The van der Waals surface area contributed by atoms with Crippen LogP contribution in [0.4, 0.5) is 5.69 Å². The first kappa shape index (κ1) is 14.9. The Labute approximate surface area is 121 Å². The standard InChI is InChI=1S/C16H25N3O/c1-3-7-17-13-16(20)19-10-8-18(9-11-19)15-6-4-5-14(2)12-15/h4-6,12,17H,3,7-11,13H2,1-2H3. The van der Waals surface area contributed by atoms with E-state index in [-0.39, 0.29) is 5.91 Å². The van der Waals surface area contributed by atoms with Gasteiger partial charge in [0, 0.05) is 31.9 Å². The summed E-state index contributed by atoms with van der Waals surface area (Å²) < 4.78 is 0. The van der Waals surface area contributed by atoms with Crippen molar-refractivity contribution in [3.8, 4) is 0 Å². The minimum absolute atomic E-state index is 0.224. The van der Waals surface area contributed by atoms with Crippen LogP contribution in [0.1, 0.15) is 18.9 Å². The van der Waals surface area contributed by atoms with Crippen molar-refractivity contribution in [1.29, 1.82) is 0 Å². The Morgan fingerprint density at radius 1 is 1.25 bits per heavy atom. The number of anilines is 1. The summed E-state index contributed by atoms with van der Waals surface area (Å²) in [5.74, 6) is 0.224. The number of hydrogen-bond acceptors (Lipinski definition) is 3. The molecular formula is C16H25N3O. The van der Waals surface area contributed by atoms with Crippen molar-refractivity contribution >= 4 is 11.6 Å². The van der Waals surface area contributed by atoms with Crippen molar-refractivity contribution < 1.29 is 4.79 Å². The molecule has 20 heavy (non-hydrogen) atoms. The lowest BCUT2D eigenvalue weighted by Gasteiger charge is -2.36. The lowest BCUT2D eigenvalue weighted by molar-refractivity contribution is -0.130. The van der Waals surface area contributed by atoms with E-state index in [0.29, 0.717) is 6.54 Å². The first-order chi connectivity index (χ1) is 9.70. The summed E-state index contributed by atoms with van der Waals surface area (Å²) in [5.41, 5.74) is 2.55. The van der Waals surface area contributed by atoms with Crippen molar-refractivity contribution in [3.05, 3.63) is 29.8 Å². The van der Waals surface area contributed by atoms with E-state index in [1.807, 2.05) is 4.90 Å². The molecule has 0 unspecified atom stereocenters. The van der Waals surface area contributed by atoms with Crippen LogP contribution >= 0.6 is 0 Å². The minimum Gasteiger partial charge on any atom is -0.368 e. The number of hydrogen-bond donors (Lipinski definition) is 1. The lowest BCUT2D eigenvalue weighted by Crippen LogP contribution is -2.50. The molecule has 0 bridgehead atoms. The highest BCUT2D eigenvalue weighted by molar-refractivity contribution is 5.78. The number of rotatable bonds is 5. The van der Waals surface area contributed by atoms with Gasteiger partial charge in [0.1, 0.15) is 0 Å². The van der Waals surface area contributed by atoms with Crippen LogP contribution in [-0.2, 0) is 4.79 Å². The van der Waals surface area contributed by atoms with E-state index >= 15 is 0 Å². The molecule has 4 nitrogen and oxygen atoms in total. The van der Waals surface area contributed by atoms with Gasteiger partial charge in [0.25, 0.3) is 0 Å². The molecule has 1 aromatic carbocycles. The van der Waals surface area contributed by atoms with Crippen LogP contribution < -0.4 is 10.2 Å². The van der Waals surface area contributed by atoms with E-state index in [1.54, 1.807) is 0 Å². The first-order valence-corrected chi connectivity index (χ1v) is 7.51. The molecule has 2 rings (SSSR count). The van der Waals surface area contributed by atoms with E-state index < -0.39 is 0 Å². The fraction of sp³-hybridized carbons (Fsp3) is 0.562. The predicted molar refractivity (Wildman–Crippen MR) is 83.1 cm³/mol. The Bertz CT molecular complexity index is 439. The Kier molecular flexibility index (Phi) is 5.41.